The zero-order valence-corrected chi connectivity index (χ0v) is 15.8. The first kappa shape index (κ1) is 19.1. The van der Waals surface area contributed by atoms with Crippen molar-refractivity contribution in [2.45, 2.75) is 6.42 Å². The quantitative estimate of drug-likeness (QED) is 0.411. The third kappa shape index (κ3) is 4.04. The van der Waals surface area contributed by atoms with Gasteiger partial charge in [-0.25, -0.2) is 8.42 Å². The molecule has 142 valence electrons. The summed E-state index contributed by atoms with van der Waals surface area (Å²) in [5, 5.41) is 11.2. The number of nitro benzene ring substituents is 1. The third-order valence-electron chi connectivity index (χ3n) is 4.13. The maximum Gasteiger partial charge on any atom is 0.312 e. The number of ketones is 1. The normalized spacial score (nSPS) is 13.3. The molecule has 0 aromatic heterocycles. The van der Waals surface area contributed by atoms with Gasteiger partial charge in [-0.15, -0.1) is 0 Å². The van der Waals surface area contributed by atoms with Gasteiger partial charge in [0.25, 0.3) is 0 Å². The Bertz CT molecular complexity index is 1040. The molecule has 0 radical (unpaired) electrons. The van der Waals surface area contributed by atoms with Crippen LogP contribution >= 0.6 is 11.6 Å². The van der Waals surface area contributed by atoms with Crippen LogP contribution in [0.1, 0.15) is 15.9 Å². The first-order valence-electron chi connectivity index (χ1n) is 7.87. The molecule has 1 aliphatic heterocycles. The van der Waals surface area contributed by atoms with Crippen molar-refractivity contribution in [2.75, 3.05) is 23.7 Å². The Balaban J connectivity index is 1.76. The largest absolute Gasteiger partial charge is 0.478 e. The smallest absolute Gasteiger partial charge is 0.312 e. The fourth-order valence-corrected chi connectivity index (χ4v) is 4.00. The summed E-state index contributed by atoms with van der Waals surface area (Å²) in [6.45, 7) is -0.0592. The van der Waals surface area contributed by atoms with E-state index in [0.717, 1.165) is 17.9 Å². The fourth-order valence-electron chi connectivity index (χ4n) is 2.87. The first-order valence-corrected chi connectivity index (χ1v) is 10.1. The summed E-state index contributed by atoms with van der Waals surface area (Å²) in [7, 11) is -3.36. The van der Waals surface area contributed by atoms with Gasteiger partial charge in [0, 0.05) is 23.2 Å². The molecule has 27 heavy (non-hydrogen) atoms. The van der Waals surface area contributed by atoms with Crippen LogP contribution in [-0.4, -0.2) is 38.5 Å². The van der Waals surface area contributed by atoms with Crippen LogP contribution < -0.4 is 9.04 Å². The lowest BCUT2D eigenvalue weighted by Gasteiger charge is -2.16. The lowest BCUT2D eigenvalue weighted by molar-refractivity contribution is -0.385. The molecule has 0 saturated heterocycles. The van der Waals surface area contributed by atoms with Gasteiger partial charge in [-0.2, -0.15) is 0 Å². The van der Waals surface area contributed by atoms with Gasteiger partial charge in [0.2, 0.25) is 10.0 Å². The molecule has 0 bridgehead atoms. The van der Waals surface area contributed by atoms with Crippen LogP contribution in [0.15, 0.2) is 36.4 Å². The van der Waals surface area contributed by atoms with Crippen molar-refractivity contribution in [3.63, 3.8) is 0 Å². The molecule has 0 atom stereocenters. The highest BCUT2D eigenvalue weighted by Gasteiger charge is 2.27. The highest BCUT2D eigenvalue weighted by molar-refractivity contribution is 7.92. The van der Waals surface area contributed by atoms with E-state index in [1.165, 1.54) is 22.5 Å². The van der Waals surface area contributed by atoms with Crippen molar-refractivity contribution < 1.29 is 22.9 Å². The van der Waals surface area contributed by atoms with Crippen LogP contribution in [0, 0.1) is 10.1 Å². The van der Waals surface area contributed by atoms with Gasteiger partial charge in [-0.1, -0.05) is 11.6 Å². The number of carbonyl (C=O) groups is 1. The molecular weight excluding hydrogens is 396 g/mol. The highest BCUT2D eigenvalue weighted by Crippen LogP contribution is 2.32. The van der Waals surface area contributed by atoms with E-state index in [1.807, 2.05) is 0 Å². The number of benzene rings is 2. The van der Waals surface area contributed by atoms with Gasteiger partial charge in [-0.05, 0) is 42.3 Å². The molecule has 0 saturated carbocycles. The number of ether oxygens (including phenoxy) is 1. The number of rotatable bonds is 6. The summed E-state index contributed by atoms with van der Waals surface area (Å²) >= 11 is 5.74. The summed E-state index contributed by atoms with van der Waals surface area (Å²) in [4.78, 5) is 22.8. The predicted molar refractivity (Wildman–Crippen MR) is 100 cm³/mol. The van der Waals surface area contributed by atoms with E-state index >= 15 is 0 Å². The summed E-state index contributed by atoms with van der Waals surface area (Å²) in [6.07, 6.45) is 1.64. The minimum atomic E-state index is -3.36. The fraction of sp³-hybridized carbons (Fsp3) is 0.235. The molecule has 0 N–H and O–H groups in total. The molecule has 0 amide bonds. The van der Waals surface area contributed by atoms with Crippen LogP contribution in [0.2, 0.25) is 5.02 Å². The molecule has 0 aliphatic carbocycles. The van der Waals surface area contributed by atoms with Gasteiger partial charge >= 0.3 is 5.69 Å². The summed E-state index contributed by atoms with van der Waals surface area (Å²) in [6, 6.07) is 8.65. The summed E-state index contributed by atoms with van der Waals surface area (Å²) in [5.41, 5.74) is 1.33. The maximum atomic E-state index is 12.4. The monoisotopic (exact) mass is 410 g/mol. The number of carbonyl (C=O) groups excluding carboxylic acids is 1. The summed E-state index contributed by atoms with van der Waals surface area (Å²) in [5.74, 6) is -0.429. The lowest BCUT2D eigenvalue weighted by Crippen LogP contribution is -2.27. The second kappa shape index (κ2) is 7.16. The lowest BCUT2D eigenvalue weighted by atomic mass is 10.1. The Labute approximate surface area is 160 Å². The van der Waals surface area contributed by atoms with Crippen molar-refractivity contribution >= 4 is 38.8 Å². The van der Waals surface area contributed by atoms with Crippen molar-refractivity contribution in [3.8, 4) is 5.75 Å². The Kier molecular flexibility index (Phi) is 5.07. The predicted octanol–water partition coefficient (Wildman–Crippen LogP) is 2.83. The van der Waals surface area contributed by atoms with Crippen molar-refractivity contribution in [1.29, 1.82) is 0 Å². The van der Waals surface area contributed by atoms with E-state index in [4.69, 9.17) is 16.3 Å². The van der Waals surface area contributed by atoms with Crippen LogP contribution in [0.3, 0.4) is 0 Å². The summed E-state index contributed by atoms with van der Waals surface area (Å²) < 4.78 is 30.1. The van der Waals surface area contributed by atoms with Crippen molar-refractivity contribution in [1.82, 2.24) is 0 Å². The molecule has 1 heterocycles. The number of hydrogen-bond donors (Lipinski definition) is 0. The number of halogens is 1. The van der Waals surface area contributed by atoms with Crippen LogP contribution in [0.4, 0.5) is 11.4 Å². The number of nitrogens with zero attached hydrogens (tertiary/aromatic N) is 2. The molecule has 2 aromatic rings. The van der Waals surface area contributed by atoms with Crippen LogP contribution in [-0.2, 0) is 16.4 Å². The third-order valence-corrected chi connectivity index (χ3v) is 5.55. The molecule has 2 aromatic carbocycles. The molecule has 0 spiro atoms. The van der Waals surface area contributed by atoms with Crippen LogP contribution in [0.5, 0.6) is 5.75 Å². The molecule has 0 unspecified atom stereocenters. The standard InChI is InChI=1S/C17H15ClN2O6S/c1-27(24,25)19-7-6-11-8-12(2-4-14(11)19)16(21)10-26-17-5-3-13(18)9-15(17)20(22)23/h2-5,8-9H,6-7,10H2,1H3. The van der Waals surface area contributed by atoms with Gasteiger partial charge in [0.15, 0.2) is 18.1 Å². The molecule has 0 fully saturated rings. The highest BCUT2D eigenvalue weighted by atomic mass is 35.5. The molecule has 1 aliphatic rings. The SMILES string of the molecule is CS(=O)(=O)N1CCc2cc(C(=O)COc3ccc(Cl)cc3[N+](=O)[O-])ccc21. The first-order chi connectivity index (χ1) is 12.7. The Morgan fingerprint density at radius 3 is 2.70 bits per heavy atom. The van der Waals surface area contributed by atoms with Gasteiger partial charge < -0.3 is 4.74 Å². The molecular formula is C17H15ClN2O6S. The Morgan fingerprint density at radius 1 is 1.30 bits per heavy atom. The number of fused-ring (bicyclic) bond motifs is 1. The van der Waals surface area contributed by atoms with E-state index in [0.29, 0.717) is 24.2 Å². The number of sulfonamides is 1. The van der Waals surface area contributed by atoms with E-state index < -0.39 is 21.6 Å². The molecule has 8 nitrogen and oxygen atoms in total. The van der Waals surface area contributed by atoms with Crippen molar-refractivity contribution in [2.24, 2.45) is 0 Å². The van der Waals surface area contributed by atoms with E-state index in [9.17, 15) is 23.3 Å². The number of hydrogen-bond acceptors (Lipinski definition) is 6. The zero-order chi connectivity index (χ0) is 19.8. The minimum Gasteiger partial charge on any atom is -0.478 e. The maximum absolute atomic E-state index is 12.4. The van der Waals surface area contributed by atoms with Gasteiger partial charge in [0.1, 0.15) is 0 Å². The second-order valence-corrected chi connectivity index (χ2v) is 8.35. The molecule has 3 rings (SSSR count). The van der Waals surface area contributed by atoms with E-state index in [2.05, 4.69) is 0 Å². The second-order valence-electron chi connectivity index (χ2n) is 6.01. The minimum absolute atomic E-state index is 0.0536. The van der Waals surface area contributed by atoms with Gasteiger partial charge in [0.05, 0.1) is 16.9 Å². The van der Waals surface area contributed by atoms with Crippen molar-refractivity contribution in [3.05, 3.63) is 62.7 Å². The van der Waals surface area contributed by atoms with Gasteiger partial charge in [-0.3, -0.25) is 19.2 Å². The van der Waals surface area contributed by atoms with E-state index in [1.54, 1.807) is 12.1 Å². The topological polar surface area (TPSA) is 107 Å². The van der Waals surface area contributed by atoms with E-state index in [-0.39, 0.29) is 22.2 Å². The zero-order valence-electron chi connectivity index (χ0n) is 14.2. The molecule has 10 heteroatoms. The number of anilines is 1. The van der Waals surface area contributed by atoms with Crippen LogP contribution in [0.25, 0.3) is 0 Å². The number of nitro groups is 1. The number of Topliss-reactive ketones (excluding diaryl/α,β-unsaturated/α-hetero) is 1. The average Bonchev–Trinajstić information content (AvgIpc) is 3.03. The Morgan fingerprint density at radius 2 is 2.04 bits per heavy atom. The average molecular weight is 411 g/mol. The Hall–Kier alpha value is -2.65.